The lowest BCUT2D eigenvalue weighted by Crippen LogP contribution is -2.37. The average Bonchev–Trinajstić information content (AvgIpc) is 3.06. The molecule has 2 bridgehead atoms. The third-order valence-corrected chi connectivity index (χ3v) is 7.31. The van der Waals surface area contributed by atoms with Crippen molar-refractivity contribution in [3.8, 4) is 0 Å². The van der Waals surface area contributed by atoms with Gasteiger partial charge in [-0.25, -0.2) is 8.42 Å². The van der Waals surface area contributed by atoms with E-state index in [4.69, 9.17) is 23.2 Å². The van der Waals surface area contributed by atoms with Crippen molar-refractivity contribution in [2.45, 2.75) is 36.7 Å². The van der Waals surface area contributed by atoms with Crippen LogP contribution in [0.15, 0.2) is 17.0 Å². The predicted molar refractivity (Wildman–Crippen MR) is 84.2 cm³/mol. The lowest BCUT2D eigenvalue weighted by Gasteiger charge is -2.27. The molecule has 2 fully saturated rings. The number of nitrogens with zero attached hydrogens (tertiary/aromatic N) is 1. The van der Waals surface area contributed by atoms with E-state index >= 15 is 0 Å². The largest absolute Gasteiger partial charge is 0.316 e. The summed E-state index contributed by atoms with van der Waals surface area (Å²) in [6.45, 7) is 1.06. The summed E-state index contributed by atoms with van der Waals surface area (Å²) in [5.41, 5.74) is 0.631. The molecule has 7 heteroatoms. The molecule has 116 valence electrons. The summed E-state index contributed by atoms with van der Waals surface area (Å²) in [5.74, 6) is 0.507. The van der Waals surface area contributed by atoms with Crippen LogP contribution in [0.3, 0.4) is 0 Å². The van der Waals surface area contributed by atoms with Crippen LogP contribution in [-0.2, 0) is 16.6 Å². The first-order chi connectivity index (χ1) is 9.95. The molecule has 21 heavy (non-hydrogen) atoms. The van der Waals surface area contributed by atoms with Crippen LogP contribution in [0.4, 0.5) is 0 Å². The molecule has 1 N–H and O–H groups in total. The number of sulfonamides is 1. The van der Waals surface area contributed by atoms with E-state index < -0.39 is 10.0 Å². The van der Waals surface area contributed by atoms with Crippen LogP contribution in [0.1, 0.15) is 24.8 Å². The van der Waals surface area contributed by atoms with E-state index in [1.807, 2.05) is 0 Å². The molecule has 1 saturated carbocycles. The highest BCUT2D eigenvalue weighted by atomic mass is 35.5. The third kappa shape index (κ3) is 2.59. The van der Waals surface area contributed by atoms with E-state index in [0.29, 0.717) is 29.6 Å². The summed E-state index contributed by atoms with van der Waals surface area (Å²) in [6, 6.07) is 3.27. The summed E-state index contributed by atoms with van der Waals surface area (Å²) >= 11 is 12.4. The monoisotopic (exact) mass is 348 g/mol. The first-order valence-corrected chi connectivity index (χ1v) is 9.28. The Hall–Kier alpha value is -0.330. The third-order valence-electron chi connectivity index (χ3n) is 4.45. The summed E-state index contributed by atoms with van der Waals surface area (Å²) in [4.78, 5) is 0.173. The van der Waals surface area contributed by atoms with E-state index in [1.165, 1.54) is 6.07 Å². The zero-order valence-corrected chi connectivity index (χ0v) is 14.1. The molecule has 2 atom stereocenters. The summed E-state index contributed by atoms with van der Waals surface area (Å²) in [7, 11) is -1.77. The fraction of sp³-hybridized carbons (Fsp3) is 0.571. The van der Waals surface area contributed by atoms with E-state index in [0.717, 1.165) is 19.3 Å². The van der Waals surface area contributed by atoms with Gasteiger partial charge in [-0.05, 0) is 44.4 Å². The molecule has 0 amide bonds. The molecule has 0 spiro atoms. The van der Waals surface area contributed by atoms with Gasteiger partial charge in [0.1, 0.15) is 4.90 Å². The Morgan fingerprint density at radius 3 is 2.67 bits per heavy atom. The Bertz CT molecular complexity index is 663. The summed E-state index contributed by atoms with van der Waals surface area (Å²) in [5, 5.41) is 3.68. The number of hydrogen-bond acceptors (Lipinski definition) is 3. The number of piperidine rings is 1. The van der Waals surface area contributed by atoms with Crippen LogP contribution >= 0.6 is 23.2 Å². The number of nitrogens with one attached hydrogen (secondary N) is 1. The van der Waals surface area contributed by atoms with E-state index in [9.17, 15) is 8.42 Å². The Morgan fingerprint density at radius 2 is 2.10 bits per heavy atom. The van der Waals surface area contributed by atoms with E-state index in [-0.39, 0.29) is 16.0 Å². The van der Waals surface area contributed by atoms with Gasteiger partial charge in [0.15, 0.2) is 0 Å². The van der Waals surface area contributed by atoms with Crippen LogP contribution in [-0.4, -0.2) is 32.4 Å². The van der Waals surface area contributed by atoms with Gasteiger partial charge in [-0.2, -0.15) is 4.31 Å². The van der Waals surface area contributed by atoms with Gasteiger partial charge in [0.05, 0.1) is 5.02 Å². The average molecular weight is 349 g/mol. The first-order valence-electron chi connectivity index (χ1n) is 7.08. The van der Waals surface area contributed by atoms with Gasteiger partial charge < -0.3 is 5.32 Å². The predicted octanol–water partition coefficient (Wildman–Crippen LogP) is 2.89. The molecule has 4 nitrogen and oxygen atoms in total. The highest BCUT2D eigenvalue weighted by Crippen LogP contribution is 2.42. The van der Waals surface area contributed by atoms with Crippen LogP contribution in [0.5, 0.6) is 0 Å². The van der Waals surface area contributed by atoms with Gasteiger partial charge in [0, 0.05) is 29.7 Å². The maximum Gasteiger partial charge on any atom is 0.244 e. The van der Waals surface area contributed by atoms with Crippen LogP contribution in [0, 0.1) is 5.92 Å². The summed E-state index contributed by atoms with van der Waals surface area (Å²) < 4.78 is 27.4. The van der Waals surface area contributed by atoms with Crippen molar-refractivity contribution in [2.24, 2.45) is 5.92 Å². The SMILES string of the molecule is CNCc1c(Cl)ccc(S(=O)(=O)N2CC3CCC2C3)c1Cl. The molecule has 0 aromatic heterocycles. The number of hydrogen-bond donors (Lipinski definition) is 1. The van der Waals surface area contributed by atoms with Gasteiger partial charge in [0.2, 0.25) is 10.0 Å². The second-order valence-electron chi connectivity index (χ2n) is 5.78. The Balaban J connectivity index is 2.01. The van der Waals surface area contributed by atoms with Crippen molar-refractivity contribution >= 4 is 33.2 Å². The van der Waals surface area contributed by atoms with Crippen LogP contribution < -0.4 is 5.32 Å². The number of benzene rings is 1. The molecule has 1 aliphatic carbocycles. The van der Waals surface area contributed by atoms with E-state index in [1.54, 1.807) is 17.4 Å². The molecule has 1 aromatic rings. The van der Waals surface area contributed by atoms with Crippen molar-refractivity contribution in [2.75, 3.05) is 13.6 Å². The van der Waals surface area contributed by atoms with Crippen molar-refractivity contribution in [1.82, 2.24) is 9.62 Å². The lowest BCUT2D eigenvalue weighted by atomic mass is 10.1. The zero-order valence-electron chi connectivity index (χ0n) is 11.8. The molecule has 1 saturated heterocycles. The first kappa shape index (κ1) is 15.6. The minimum Gasteiger partial charge on any atom is -0.316 e. The molecule has 1 aliphatic heterocycles. The number of rotatable bonds is 4. The minimum atomic E-state index is -3.54. The van der Waals surface area contributed by atoms with Gasteiger partial charge >= 0.3 is 0 Å². The molecular weight excluding hydrogens is 331 g/mol. The second-order valence-corrected chi connectivity index (χ2v) is 8.42. The van der Waals surface area contributed by atoms with Crippen molar-refractivity contribution in [3.05, 3.63) is 27.7 Å². The molecule has 0 radical (unpaired) electrons. The topological polar surface area (TPSA) is 49.4 Å². The Morgan fingerprint density at radius 1 is 1.33 bits per heavy atom. The maximum absolute atomic E-state index is 12.9. The van der Waals surface area contributed by atoms with Gasteiger partial charge in [-0.1, -0.05) is 23.2 Å². The van der Waals surface area contributed by atoms with Crippen LogP contribution in [0.25, 0.3) is 0 Å². The fourth-order valence-corrected chi connectivity index (χ4v) is 6.04. The van der Waals surface area contributed by atoms with Gasteiger partial charge in [-0.15, -0.1) is 0 Å². The fourth-order valence-electron chi connectivity index (χ4n) is 3.41. The normalized spacial score (nSPS) is 25.7. The van der Waals surface area contributed by atoms with Crippen molar-refractivity contribution in [3.63, 3.8) is 0 Å². The standard InChI is InChI=1S/C14H18Cl2N2O2S/c1-17-7-11-12(15)4-5-13(14(11)16)21(19,20)18-8-9-2-3-10(18)6-9/h4-5,9-10,17H,2-3,6-8H2,1H3. The quantitative estimate of drug-likeness (QED) is 0.909. The molecular formula is C14H18Cl2N2O2S. The molecule has 2 aliphatic rings. The second kappa shape index (κ2) is 5.70. The Kier molecular flexibility index (Phi) is 4.23. The highest BCUT2D eigenvalue weighted by Gasteiger charge is 2.44. The molecule has 1 heterocycles. The maximum atomic E-state index is 12.9. The smallest absolute Gasteiger partial charge is 0.244 e. The number of halogens is 2. The van der Waals surface area contributed by atoms with Crippen molar-refractivity contribution < 1.29 is 8.42 Å². The zero-order chi connectivity index (χ0) is 15.2. The summed E-state index contributed by atoms with van der Waals surface area (Å²) in [6.07, 6.45) is 3.07. The Labute approximate surface area is 135 Å². The van der Waals surface area contributed by atoms with Crippen LogP contribution in [0.2, 0.25) is 10.0 Å². The highest BCUT2D eigenvalue weighted by molar-refractivity contribution is 7.89. The minimum absolute atomic E-state index is 0.138. The lowest BCUT2D eigenvalue weighted by molar-refractivity contribution is 0.333. The number of fused-ring (bicyclic) bond motifs is 2. The van der Waals surface area contributed by atoms with Gasteiger partial charge in [0.25, 0.3) is 0 Å². The molecule has 1 aromatic carbocycles. The molecule has 3 rings (SSSR count). The molecule has 2 unspecified atom stereocenters. The van der Waals surface area contributed by atoms with E-state index in [2.05, 4.69) is 5.32 Å². The van der Waals surface area contributed by atoms with Gasteiger partial charge in [-0.3, -0.25) is 0 Å². The van der Waals surface area contributed by atoms with Crippen molar-refractivity contribution in [1.29, 1.82) is 0 Å².